The number of carbonyl (C=O) groups is 3. The summed E-state index contributed by atoms with van der Waals surface area (Å²) in [6, 6.07) is 8.39. The van der Waals surface area contributed by atoms with E-state index in [9.17, 15) is 14.4 Å². The molecule has 0 saturated heterocycles. The van der Waals surface area contributed by atoms with Crippen LogP contribution in [0, 0.1) is 0 Å². The van der Waals surface area contributed by atoms with Crippen LogP contribution in [-0.4, -0.2) is 34.1 Å². The van der Waals surface area contributed by atoms with Gasteiger partial charge in [0.05, 0.1) is 0 Å². The van der Waals surface area contributed by atoms with Crippen LogP contribution in [0.15, 0.2) is 30.3 Å². The largest absolute Gasteiger partial charge is 0.481 e. The monoisotopic (exact) mass is 293 g/mol. The summed E-state index contributed by atoms with van der Waals surface area (Å²) < 4.78 is 0. The zero-order valence-electron chi connectivity index (χ0n) is 11.6. The predicted octanol–water partition coefficient (Wildman–Crippen LogP) is 1.44. The van der Waals surface area contributed by atoms with Gasteiger partial charge in [-0.3, -0.25) is 9.59 Å². The number of carbonyl (C=O) groups excluding carboxylic acids is 1. The van der Waals surface area contributed by atoms with Gasteiger partial charge in [-0.2, -0.15) is 0 Å². The second-order valence-electron chi connectivity index (χ2n) is 4.73. The van der Waals surface area contributed by atoms with Crippen molar-refractivity contribution >= 4 is 17.8 Å². The minimum Gasteiger partial charge on any atom is -0.481 e. The van der Waals surface area contributed by atoms with Gasteiger partial charge in [-0.1, -0.05) is 30.3 Å². The lowest BCUT2D eigenvalue weighted by Gasteiger charge is -2.14. The fraction of sp³-hybridized carbons (Fsp3) is 0.400. The highest BCUT2D eigenvalue weighted by molar-refractivity contribution is 5.83. The summed E-state index contributed by atoms with van der Waals surface area (Å²) in [6.45, 7) is 0. The molecule has 6 heteroatoms. The summed E-state index contributed by atoms with van der Waals surface area (Å²) in [6.07, 6.45) is 0.953. The molecule has 0 heterocycles. The molecule has 114 valence electrons. The molecule has 0 bridgehead atoms. The molecule has 1 atom stereocenters. The third-order valence-electron chi connectivity index (χ3n) is 3.00. The highest BCUT2D eigenvalue weighted by atomic mass is 16.4. The second-order valence-corrected chi connectivity index (χ2v) is 4.73. The molecule has 0 spiro atoms. The SMILES string of the molecule is O=C(O)CCC[C@H](NC(=O)CCc1ccccc1)C(=O)O. The van der Waals surface area contributed by atoms with Crippen LogP contribution < -0.4 is 5.32 Å². The Kier molecular flexibility index (Phi) is 6.94. The fourth-order valence-corrected chi connectivity index (χ4v) is 1.88. The van der Waals surface area contributed by atoms with Crippen molar-refractivity contribution in [3.8, 4) is 0 Å². The number of hydrogen-bond donors (Lipinski definition) is 3. The van der Waals surface area contributed by atoms with Crippen molar-refractivity contribution in [1.29, 1.82) is 0 Å². The standard InChI is InChI=1S/C15H19NO5/c17-13(10-9-11-5-2-1-3-6-11)16-12(15(20)21)7-4-8-14(18)19/h1-3,5-6,12H,4,7-10H2,(H,16,17)(H,18,19)(H,20,21)/t12-/m0/s1. The third kappa shape index (κ3) is 7.10. The maximum absolute atomic E-state index is 11.7. The van der Waals surface area contributed by atoms with Gasteiger partial charge in [0.1, 0.15) is 6.04 Å². The average molecular weight is 293 g/mol. The molecule has 21 heavy (non-hydrogen) atoms. The first kappa shape index (κ1) is 16.7. The topological polar surface area (TPSA) is 104 Å². The zero-order valence-corrected chi connectivity index (χ0v) is 11.6. The van der Waals surface area contributed by atoms with Crippen molar-refractivity contribution in [3.63, 3.8) is 0 Å². The molecule has 0 radical (unpaired) electrons. The highest BCUT2D eigenvalue weighted by Crippen LogP contribution is 2.05. The van der Waals surface area contributed by atoms with Gasteiger partial charge >= 0.3 is 11.9 Å². The molecule has 1 rings (SSSR count). The van der Waals surface area contributed by atoms with Gasteiger partial charge in [0.25, 0.3) is 0 Å². The molecule has 0 aliphatic rings. The molecule has 1 aromatic carbocycles. The number of aryl methyl sites for hydroxylation is 1. The molecule has 1 amide bonds. The quantitative estimate of drug-likeness (QED) is 0.639. The summed E-state index contributed by atoms with van der Waals surface area (Å²) in [7, 11) is 0. The van der Waals surface area contributed by atoms with E-state index in [1.165, 1.54) is 0 Å². The predicted molar refractivity (Wildman–Crippen MR) is 75.8 cm³/mol. The van der Waals surface area contributed by atoms with E-state index in [0.29, 0.717) is 6.42 Å². The minimum atomic E-state index is -1.14. The Labute approximate surface area is 122 Å². The summed E-state index contributed by atoms with van der Waals surface area (Å²) in [5.41, 5.74) is 1.01. The van der Waals surface area contributed by atoms with Crippen LogP contribution in [0.2, 0.25) is 0 Å². The van der Waals surface area contributed by atoms with Crippen molar-refractivity contribution in [2.24, 2.45) is 0 Å². The van der Waals surface area contributed by atoms with Gasteiger partial charge in [0.2, 0.25) is 5.91 Å². The average Bonchev–Trinajstić information content (AvgIpc) is 2.44. The summed E-state index contributed by atoms with van der Waals surface area (Å²) in [5.74, 6) is -2.47. The van der Waals surface area contributed by atoms with E-state index in [1.807, 2.05) is 30.3 Å². The Morgan fingerprint density at radius 3 is 2.29 bits per heavy atom. The van der Waals surface area contributed by atoms with Crippen LogP contribution >= 0.6 is 0 Å². The lowest BCUT2D eigenvalue weighted by atomic mass is 10.1. The Bertz CT molecular complexity index is 486. The van der Waals surface area contributed by atoms with Gasteiger partial charge in [-0.05, 0) is 24.8 Å². The van der Waals surface area contributed by atoms with Crippen molar-refractivity contribution in [2.45, 2.75) is 38.1 Å². The molecule has 0 aliphatic heterocycles. The number of nitrogens with one attached hydrogen (secondary N) is 1. The van der Waals surface area contributed by atoms with E-state index in [4.69, 9.17) is 10.2 Å². The van der Waals surface area contributed by atoms with Gasteiger partial charge in [0, 0.05) is 12.8 Å². The summed E-state index contributed by atoms with van der Waals surface area (Å²) in [4.78, 5) is 33.2. The number of amides is 1. The van der Waals surface area contributed by atoms with Gasteiger partial charge < -0.3 is 15.5 Å². The van der Waals surface area contributed by atoms with Crippen LogP contribution in [0.25, 0.3) is 0 Å². The molecule has 3 N–H and O–H groups in total. The maximum Gasteiger partial charge on any atom is 0.326 e. The van der Waals surface area contributed by atoms with E-state index in [0.717, 1.165) is 5.56 Å². The van der Waals surface area contributed by atoms with E-state index in [-0.39, 0.29) is 31.6 Å². The Hall–Kier alpha value is -2.37. The van der Waals surface area contributed by atoms with Crippen molar-refractivity contribution in [3.05, 3.63) is 35.9 Å². The Morgan fingerprint density at radius 1 is 1.05 bits per heavy atom. The minimum absolute atomic E-state index is 0.107. The first-order valence-electron chi connectivity index (χ1n) is 6.77. The number of hydrogen-bond acceptors (Lipinski definition) is 3. The van der Waals surface area contributed by atoms with E-state index < -0.39 is 18.0 Å². The number of carboxylic acid groups (broad SMARTS) is 2. The van der Waals surface area contributed by atoms with Crippen LogP contribution in [0.3, 0.4) is 0 Å². The molecular formula is C15H19NO5. The van der Waals surface area contributed by atoms with Crippen LogP contribution in [-0.2, 0) is 20.8 Å². The number of rotatable bonds is 9. The van der Waals surface area contributed by atoms with Crippen molar-refractivity contribution in [2.75, 3.05) is 0 Å². The molecule has 0 aromatic heterocycles. The molecular weight excluding hydrogens is 274 g/mol. The molecule has 0 aliphatic carbocycles. The van der Waals surface area contributed by atoms with Gasteiger partial charge in [-0.15, -0.1) is 0 Å². The molecule has 1 aromatic rings. The molecule has 6 nitrogen and oxygen atoms in total. The molecule has 0 unspecified atom stereocenters. The summed E-state index contributed by atoms with van der Waals surface area (Å²) in [5, 5.41) is 20.0. The van der Waals surface area contributed by atoms with Gasteiger partial charge in [0.15, 0.2) is 0 Å². The van der Waals surface area contributed by atoms with Crippen LogP contribution in [0.1, 0.15) is 31.2 Å². The Balaban J connectivity index is 2.38. The van der Waals surface area contributed by atoms with Gasteiger partial charge in [-0.25, -0.2) is 4.79 Å². The fourth-order valence-electron chi connectivity index (χ4n) is 1.88. The number of carboxylic acids is 2. The van der Waals surface area contributed by atoms with E-state index in [1.54, 1.807) is 0 Å². The van der Waals surface area contributed by atoms with Crippen molar-refractivity contribution < 1.29 is 24.6 Å². The third-order valence-corrected chi connectivity index (χ3v) is 3.00. The normalized spacial score (nSPS) is 11.6. The molecule has 0 saturated carbocycles. The summed E-state index contributed by atoms with van der Waals surface area (Å²) >= 11 is 0. The number of benzene rings is 1. The second kappa shape index (κ2) is 8.73. The smallest absolute Gasteiger partial charge is 0.326 e. The molecule has 0 fully saturated rings. The first-order valence-corrected chi connectivity index (χ1v) is 6.77. The van der Waals surface area contributed by atoms with Crippen molar-refractivity contribution in [1.82, 2.24) is 5.32 Å². The van der Waals surface area contributed by atoms with Crippen LogP contribution in [0.5, 0.6) is 0 Å². The highest BCUT2D eigenvalue weighted by Gasteiger charge is 2.19. The first-order chi connectivity index (χ1) is 9.99. The van der Waals surface area contributed by atoms with Crippen LogP contribution in [0.4, 0.5) is 0 Å². The zero-order chi connectivity index (χ0) is 15.7. The maximum atomic E-state index is 11.7. The van der Waals surface area contributed by atoms with E-state index >= 15 is 0 Å². The number of aliphatic carboxylic acids is 2. The lowest BCUT2D eigenvalue weighted by molar-refractivity contribution is -0.142. The lowest BCUT2D eigenvalue weighted by Crippen LogP contribution is -2.40. The Morgan fingerprint density at radius 2 is 1.71 bits per heavy atom. The van der Waals surface area contributed by atoms with E-state index in [2.05, 4.69) is 5.32 Å².